The molecular weight excluding hydrogens is 158 g/mol. The van der Waals surface area contributed by atoms with Gasteiger partial charge in [-0.15, -0.1) is 0 Å². The SMILES string of the molecule is O=CC(=O)NCc1cnccn1. The first-order valence-electron chi connectivity index (χ1n) is 3.31. The van der Waals surface area contributed by atoms with E-state index in [0.717, 1.165) is 0 Å². The Bertz CT molecular complexity index is 273. The van der Waals surface area contributed by atoms with Gasteiger partial charge in [0.25, 0.3) is 5.91 Å². The van der Waals surface area contributed by atoms with Gasteiger partial charge in [0.2, 0.25) is 6.29 Å². The minimum absolute atomic E-state index is 0.219. The van der Waals surface area contributed by atoms with Crippen LogP contribution < -0.4 is 5.32 Å². The van der Waals surface area contributed by atoms with Crippen LogP contribution in [0.25, 0.3) is 0 Å². The number of nitrogens with zero attached hydrogens (tertiary/aromatic N) is 2. The van der Waals surface area contributed by atoms with Gasteiger partial charge in [-0.3, -0.25) is 19.6 Å². The van der Waals surface area contributed by atoms with Gasteiger partial charge in [0.15, 0.2) is 0 Å². The lowest BCUT2D eigenvalue weighted by molar-refractivity contribution is -0.131. The topological polar surface area (TPSA) is 72.0 Å². The number of aldehydes is 1. The van der Waals surface area contributed by atoms with E-state index < -0.39 is 5.91 Å². The number of nitrogens with one attached hydrogen (secondary N) is 1. The summed E-state index contributed by atoms with van der Waals surface area (Å²) in [5.74, 6) is -0.652. The van der Waals surface area contributed by atoms with Crippen molar-refractivity contribution in [2.75, 3.05) is 0 Å². The van der Waals surface area contributed by atoms with E-state index in [1.54, 1.807) is 0 Å². The molecule has 0 atom stereocenters. The molecule has 0 unspecified atom stereocenters. The second-order valence-corrected chi connectivity index (χ2v) is 2.03. The third kappa shape index (κ3) is 2.45. The molecule has 5 heteroatoms. The molecule has 0 saturated carbocycles. The van der Waals surface area contributed by atoms with E-state index in [9.17, 15) is 9.59 Å². The highest BCUT2D eigenvalue weighted by Crippen LogP contribution is 1.87. The predicted molar refractivity (Wildman–Crippen MR) is 39.9 cm³/mol. The fourth-order valence-electron chi connectivity index (χ4n) is 0.641. The number of amides is 1. The third-order valence-corrected chi connectivity index (χ3v) is 1.17. The molecule has 0 aromatic carbocycles. The van der Waals surface area contributed by atoms with Crippen molar-refractivity contribution in [2.24, 2.45) is 0 Å². The smallest absolute Gasteiger partial charge is 0.284 e. The summed E-state index contributed by atoms with van der Waals surface area (Å²) in [5, 5.41) is 2.34. The van der Waals surface area contributed by atoms with E-state index in [1.165, 1.54) is 18.6 Å². The van der Waals surface area contributed by atoms with Crippen LogP contribution in [0.5, 0.6) is 0 Å². The Kier molecular flexibility index (Phi) is 2.89. The van der Waals surface area contributed by atoms with E-state index >= 15 is 0 Å². The Labute approximate surface area is 68.8 Å². The van der Waals surface area contributed by atoms with Crippen molar-refractivity contribution in [1.29, 1.82) is 0 Å². The molecule has 1 amide bonds. The van der Waals surface area contributed by atoms with Crippen molar-refractivity contribution in [3.8, 4) is 0 Å². The molecule has 0 saturated heterocycles. The number of carbonyl (C=O) groups excluding carboxylic acids is 2. The Morgan fingerprint density at radius 3 is 3.00 bits per heavy atom. The van der Waals surface area contributed by atoms with Crippen LogP contribution in [-0.4, -0.2) is 22.2 Å². The van der Waals surface area contributed by atoms with Gasteiger partial charge in [0.1, 0.15) is 0 Å². The number of rotatable bonds is 3. The van der Waals surface area contributed by atoms with Crippen LogP contribution in [0.2, 0.25) is 0 Å². The fraction of sp³-hybridized carbons (Fsp3) is 0.143. The van der Waals surface area contributed by atoms with Gasteiger partial charge < -0.3 is 5.32 Å². The van der Waals surface area contributed by atoms with Crippen molar-refractivity contribution in [1.82, 2.24) is 15.3 Å². The number of hydrogen-bond acceptors (Lipinski definition) is 4. The maximum Gasteiger partial charge on any atom is 0.284 e. The molecule has 12 heavy (non-hydrogen) atoms. The molecule has 0 aliphatic carbocycles. The van der Waals surface area contributed by atoms with E-state index in [2.05, 4.69) is 15.3 Å². The molecule has 0 aliphatic rings. The third-order valence-electron chi connectivity index (χ3n) is 1.17. The molecule has 62 valence electrons. The van der Waals surface area contributed by atoms with Crippen LogP contribution in [0.4, 0.5) is 0 Å². The Morgan fingerprint density at radius 2 is 2.42 bits per heavy atom. The maximum absolute atomic E-state index is 10.5. The van der Waals surface area contributed by atoms with E-state index in [0.29, 0.717) is 5.69 Å². The monoisotopic (exact) mass is 165 g/mol. The summed E-state index contributed by atoms with van der Waals surface area (Å²) in [7, 11) is 0. The molecule has 0 radical (unpaired) electrons. The summed E-state index contributed by atoms with van der Waals surface area (Å²) in [5.41, 5.74) is 0.618. The Hall–Kier alpha value is -1.78. The number of carbonyl (C=O) groups is 2. The van der Waals surface area contributed by atoms with Gasteiger partial charge in [0.05, 0.1) is 18.4 Å². The average molecular weight is 165 g/mol. The largest absolute Gasteiger partial charge is 0.344 e. The van der Waals surface area contributed by atoms with Crippen LogP contribution in [0.1, 0.15) is 5.69 Å². The molecule has 1 N–H and O–H groups in total. The predicted octanol–water partition coefficient (Wildman–Crippen LogP) is -0.708. The molecule has 1 heterocycles. The second-order valence-electron chi connectivity index (χ2n) is 2.03. The van der Waals surface area contributed by atoms with Crippen LogP contribution in [0, 0.1) is 0 Å². The first kappa shape index (κ1) is 8.32. The Balaban J connectivity index is 2.43. The van der Waals surface area contributed by atoms with E-state index in [-0.39, 0.29) is 12.8 Å². The lowest BCUT2D eigenvalue weighted by atomic mass is 10.4. The summed E-state index contributed by atoms with van der Waals surface area (Å²) in [6.07, 6.45) is 4.79. The van der Waals surface area contributed by atoms with E-state index in [1.807, 2.05) is 0 Å². The van der Waals surface area contributed by atoms with Crippen molar-refractivity contribution in [2.45, 2.75) is 6.54 Å². The fourth-order valence-corrected chi connectivity index (χ4v) is 0.641. The molecule has 0 aliphatic heterocycles. The van der Waals surface area contributed by atoms with Gasteiger partial charge in [-0.2, -0.15) is 0 Å². The van der Waals surface area contributed by atoms with Crippen LogP contribution in [-0.2, 0) is 16.1 Å². The van der Waals surface area contributed by atoms with Gasteiger partial charge in [-0.1, -0.05) is 0 Å². The minimum atomic E-state index is -0.652. The summed E-state index contributed by atoms with van der Waals surface area (Å²) < 4.78 is 0. The summed E-state index contributed by atoms with van der Waals surface area (Å²) >= 11 is 0. The number of hydrogen-bond donors (Lipinski definition) is 1. The molecule has 0 bridgehead atoms. The average Bonchev–Trinajstić information content (AvgIpc) is 2.16. The standard InChI is InChI=1S/C7H7N3O2/c11-5-7(12)10-4-6-3-8-1-2-9-6/h1-3,5H,4H2,(H,10,12). The first-order valence-corrected chi connectivity index (χ1v) is 3.31. The molecule has 1 aromatic rings. The van der Waals surface area contributed by atoms with Gasteiger partial charge in [-0.05, 0) is 0 Å². The molecule has 1 rings (SSSR count). The quantitative estimate of drug-likeness (QED) is 0.474. The van der Waals surface area contributed by atoms with Gasteiger partial charge in [0, 0.05) is 12.4 Å². The molecule has 0 fully saturated rings. The minimum Gasteiger partial charge on any atom is -0.344 e. The zero-order chi connectivity index (χ0) is 8.81. The normalized spacial score (nSPS) is 9.00. The maximum atomic E-state index is 10.5. The summed E-state index contributed by atoms with van der Waals surface area (Å²) in [4.78, 5) is 28.0. The van der Waals surface area contributed by atoms with Crippen molar-refractivity contribution < 1.29 is 9.59 Å². The highest BCUT2D eigenvalue weighted by Gasteiger charge is 1.97. The second kappa shape index (κ2) is 4.17. The molecule has 5 nitrogen and oxygen atoms in total. The van der Waals surface area contributed by atoms with Crippen LogP contribution >= 0.6 is 0 Å². The van der Waals surface area contributed by atoms with Crippen LogP contribution in [0.3, 0.4) is 0 Å². The number of aromatic nitrogens is 2. The Morgan fingerprint density at radius 1 is 1.58 bits per heavy atom. The molecular formula is C7H7N3O2. The van der Waals surface area contributed by atoms with E-state index in [4.69, 9.17) is 0 Å². The highest BCUT2D eigenvalue weighted by molar-refractivity contribution is 6.23. The van der Waals surface area contributed by atoms with Crippen molar-refractivity contribution in [3.63, 3.8) is 0 Å². The highest BCUT2D eigenvalue weighted by atomic mass is 16.2. The lowest BCUT2D eigenvalue weighted by Crippen LogP contribution is -2.23. The van der Waals surface area contributed by atoms with Gasteiger partial charge in [-0.25, -0.2) is 0 Å². The van der Waals surface area contributed by atoms with Gasteiger partial charge >= 0.3 is 0 Å². The van der Waals surface area contributed by atoms with Crippen LogP contribution in [0.15, 0.2) is 18.6 Å². The zero-order valence-electron chi connectivity index (χ0n) is 6.23. The molecule has 1 aromatic heterocycles. The summed E-state index contributed by atoms with van der Waals surface area (Å²) in [6, 6.07) is 0. The van der Waals surface area contributed by atoms with Crippen molar-refractivity contribution in [3.05, 3.63) is 24.3 Å². The molecule has 0 spiro atoms. The first-order chi connectivity index (χ1) is 5.83. The lowest BCUT2D eigenvalue weighted by Gasteiger charge is -1.97. The van der Waals surface area contributed by atoms with Crippen molar-refractivity contribution >= 4 is 12.2 Å². The summed E-state index contributed by atoms with van der Waals surface area (Å²) in [6.45, 7) is 0.228. The zero-order valence-corrected chi connectivity index (χ0v) is 6.23.